The fourth-order valence-corrected chi connectivity index (χ4v) is 2.88. The Hall–Kier alpha value is -1.82. The minimum absolute atomic E-state index is 0.0784. The molecule has 1 unspecified atom stereocenters. The summed E-state index contributed by atoms with van der Waals surface area (Å²) in [4.78, 5) is 0. The first-order valence-corrected chi connectivity index (χ1v) is 9.17. The quantitative estimate of drug-likeness (QED) is 0.534. The maximum absolute atomic E-state index is 2.36. The average molecular weight is 321 g/mol. The Balaban J connectivity index is 2.23. The van der Waals surface area contributed by atoms with E-state index >= 15 is 0 Å². The van der Waals surface area contributed by atoms with Crippen molar-refractivity contribution in [3.8, 4) is 0 Å². The summed E-state index contributed by atoms with van der Waals surface area (Å²) in [5.74, 6) is 0. The predicted octanol–water partition coefficient (Wildman–Crippen LogP) is 7.06. The Morgan fingerprint density at radius 2 is 1.29 bits per heavy atom. The number of aryl methyl sites for hydroxylation is 1. The summed E-state index contributed by atoms with van der Waals surface area (Å²) in [5.41, 5.74) is 5.72. The third-order valence-corrected chi connectivity index (χ3v) is 5.67. The molecule has 0 aliphatic heterocycles. The van der Waals surface area contributed by atoms with Gasteiger partial charge in [0.25, 0.3) is 0 Å². The van der Waals surface area contributed by atoms with Gasteiger partial charge in [0, 0.05) is 5.41 Å². The molecule has 2 aromatic carbocycles. The first-order valence-electron chi connectivity index (χ1n) is 9.17. The number of hydrogen-bond donors (Lipinski definition) is 0. The molecule has 0 aliphatic rings. The van der Waals surface area contributed by atoms with Gasteiger partial charge in [-0.1, -0.05) is 101 Å². The van der Waals surface area contributed by atoms with E-state index in [0.29, 0.717) is 0 Å². The Labute approximate surface area is 148 Å². The zero-order valence-corrected chi connectivity index (χ0v) is 16.2. The summed E-state index contributed by atoms with van der Waals surface area (Å²) in [5, 5.41) is 0. The average Bonchev–Trinajstić information content (AvgIpc) is 2.60. The molecule has 128 valence electrons. The number of allylic oxidation sites excluding steroid dienone is 1. The SMILES string of the molecule is CCC(C)(C)c1ccc(/C=C/C(C)(CC)c2ccc(C)cc2)cc1. The minimum atomic E-state index is 0.0784. The Kier molecular flexibility index (Phi) is 5.70. The molecule has 0 spiro atoms. The van der Waals surface area contributed by atoms with Gasteiger partial charge >= 0.3 is 0 Å². The van der Waals surface area contributed by atoms with E-state index in [9.17, 15) is 0 Å². The Morgan fingerprint density at radius 3 is 1.79 bits per heavy atom. The maximum Gasteiger partial charge on any atom is 0.0104 e. The van der Waals surface area contributed by atoms with Crippen LogP contribution in [0.5, 0.6) is 0 Å². The summed E-state index contributed by atoms with van der Waals surface area (Å²) in [6, 6.07) is 18.0. The van der Waals surface area contributed by atoms with E-state index in [1.165, 1.54) is 22.3 Å². The van der Waals surface area contributed by atoms with Crippen molar-refractivity contribution in [3.63, 3.8) is 0 Å². The van der Waals surface area contributed by atoms with E-state index in [1.807, 2.05) is 0 Å². The zero-order chi connectivity index (χ0) is 17.8. The van der Waals surface area contributed by atoms with Gasteiger partial charge in [0.2, 0.25) is 0 Å². The fourth-order valence-electron chi connectivity index (χ4n) is 2.88. The van der Waals surface area contributed by atoms with Crippen LogP contribution < -0.4 is 0 Å². The van der Waals surface area contributed by atoms with E-state index in [4.69, 9.17) is 0 Å². The standard InChI is InChI=1S/C24H32/c1-7-23(4,5)21-15-11-20(12-16-21)17-18-24(6,8-2)22-13-9-19(3)10-14-22/h9-18H,7-8H2,1-6H3/b18-17+. The van der Waals surface area contributed by atoms with Crippen molar-refractivity contribution in [3.05, 3.63) is 76.9 Å². The number of hydrogen-bond acceptors (Lipinski definition) is 0. The summed E-state index contributed by atoms with van der Waals surface area (Å²) in [6.07, 6.45) is 6.88. The topological polar surface area (TPSA) is 0 Å². The molecule has 0 amide bonds. The first kappa shape index (κ1) is 18.5. The molecule has 0 heteroatoms. The van der Waals surface area contributed by atoms with Gasteiger partial charge in [-0.15, -0.1) is 0 Å². The lowest BCUT2D eigenvalue weighted by Gasteiger charge is -2.25. The first-order chi connectivity index (χ1) is 11.3. The molecular weight excluding hydrogens is 288 g/mol. The van der Waals surface area contributed by atoms with Gasteiger partial charge in [0.1, 0.15) is 0 Å². The van der Waals surface area contributed by atoms with Crippen LogP contribution >= 0.6 is 0 Å². The highest BCUT2D eigenvalue weighted by molar-refractivity contribution is 5.53. The van der Waals surface area contributed by atoms with Crippen LogP contribution in [0, 0.1) is 6.92 Å². The highest BCUT2D eigenvalue weighted by Gasteiger charge is 2.21. The van der Waals surface area contributed by atoms with E-state index in [1.54, 1.807) is 0 Å². The summed E-state index contributed by atoms with van der Waals surface area (Å²) in [6.45, 7) is 13.6. The Morgan fingerprint density at radius 1 is 0.750 bits per heavy atom. The molecule has 0 heterocycles. The second-order valence-electron chi connectivity index (χ2n) is 7.83. The van der Waals surface area contributed by atoms with Gasteiger partial charge in [-0.05, 0) is 41.9 Å². The molecule has 0 saturated heterocycles. The van der Waals surface area contributed by atoms with Crippen molar-refractivity contribution < 1.29 is 0 Å². The zero-order valence-electron chi connectivity index (χ0n) is 16.2. The lowest BCUT2D eigenvalue weighted by atomic mass is 9.79. The van der Waals surface area contributed by atoms with Gasteiger partial charge in [0.05, 0.1) is 0 Å². The van der Waals surface area contributed by atoms with Crippen LogP contribution in [0.2, 0.25) is 0 Å². The monoisotopic (exact) mass is 320 g/mol. The molecule has 0 aromatic heterocycles. The predicted molar refractivity (Wildman–Crippen MR) is 108 cm³/mol. The molecule has 0 saturated carbocycles. The highest BCUT2D eigenvalue weighted by atomic mass is 14.2. The molecule has 2 rings (SSSR count). The van der Waals surface area contributed by atoms with Gasteiger partial charge in [0.15, 0.2) is 0 Å². The highest BCUT2D eigenvalue weighted by Crippen LogP contribution is 2.31. The van der Waals surface area contributed by atoms with Gasteiger partial charge in [-0.3, -0.25) is 0 Å². The summed E-state index contributed by atoms with van der Waals surface area (Å²) < 4.78 is 0. The van der Waals surface area contributed by atoms with Crippen LogP contribution in [0.25, 0.3) is 6.08 Å². The molecule has 0 fully saturated rings. The van der Waals surface area contributed by atoms with Crippen LogP contribution in [0.3, 0.4) is 0 Å². The second kappa shape index (κ2) is 7.38. The van der Waals surface area contributed by atoms with Crippen LogP contribution in [0.1, 0.15) is 69.7 Å². The van der Waals surface area contributed by atoms with Crippen LogP contribution in [0.15, 0.2) is 54.6 Å². The van der Waals surface area contributed by atoms with E-state index in [2.05, 4.69) is 102 Å². The van der Waals surface area contributed by atoms with Gasteiger partial charge in [-0.2, -0.15) is 0 Å². The van der Waals surface area contributed by atoms with Crippen LogP contribution in [0.4, 0.5) is 0 Å². The molecular formula is C24H32. The van der Waals surface area contributed by atoms with Crippen molar-refractivity contribution >= 4 is 6.08 Å². The normalized spacial score (nSPS) is 14.8. The largest absolute Gasteiger partial charge is 0.0736 e. The van der Waals surface area contributed by atoms with Crippen molar-refractivity contribution in [2.24, 2.45) is 0 Å². The molecule has 0 N–H and O–H groups in total. The molecule has 0 aliphatic carbocycles. The van der Waals surface area contributed by atoms with Crippen molar-refractivity contribution in [2.45, 2.75) is 65.2 Å². The minimum Gasteiger partial charge on any atom is -0.0736 e. The lowest BCUT2D eigenvalue weighted by molar-refractivity contribution is 0.506. The Bertz CT molecular complexity index is 671. The van der Waals surface area contributed by atoms with Crippen molar-refractivity contribution in [1.29, 1.82) is 0 Å². The maximum atomic E-state index is 2.36. The van der Waals surface area contributed by atoms with Crippen LogP contribution in [-0.4, -0.2) is 0 Å². The third-order valence-electron chi connectivity index (χ3n) is 5.67. The summed E-state index contributed by atoms with van der Waals surface area (Å²) in [7, 11) is 0. The number of rotatable bonds is 6. The third kappa shape index (κ3) is 4.17. The molecule has 0 bridgehead atoms. The van der Waals surface area contributed by atoms with Crippen molar-refractivity contribution in [1.82, 2.24) is 0 Å². The van der Waals surface area contributed by atoms with Gasteiger partial charge in [-0.25, -0.2) is 0 Å². The smallest absolute Gasteiger partial charge is 0.0104 e. The lowest BCUT2D eigenvalue weighted by Crippen LogP contribution is -2.17. The summed E-state index contributed by atoms with van der Waals surface area (Å²) >= 11 is 0. The fraction of sp³-hybridized carbons (Fsp3) is 0.417. The number of benzene rings is 2. The molecule has 1 atom stereocenters. The molecule has 24 heavy (non-hydrogen) atoms. The van der Waals surface area contributed by atoms with E-state index in [-0.39, 0.29) is 10.8 Å². The van der Waals surface area contributed by atoms with E-state index in [0.717, 1.165) is 12.8 Å². The second-order valence-corrected chi connectivity index (χ2v) is 7.83. The molecule has 2 aromatic rings. The molecule has 0 radical (unpaired) electrons. The van der Waals surface area contributed by atoms with Crippen molar-refractivity contribution in [2.75, 3.05) is 0 Å². The molecule has 0 nitrogen and oxygen atoms in total. The van der Waals surface area contributed by atoms with E-state index < -0.39 is 0 Å². The van der Waals surface area contributed by atoms with Crippen LogP contribution in [-0.2, 0) is 10.8 Å². The van der Waals surface area contributed by atoms with Gasteiger partial charge < -0.3 is 0 Å².